The summed E-state index contributed by atoms with van der Waals surface area (Å²) in [6, 6.07) is 11.7. The Labute approximate surface area is 149 Å². The van der Waals surface area contributed by atoms with E-state index in [-0.39, 0.29) is 11.7 Å². The van der Waals surface area contributed by atoms with Crippen molar-refractivity contribution in [2.75, 3.05) is 19.5 Å². The summed E-state index contributed by atoms with van der Waals surface area (Å²) < 4.78 is 24.3. The van der Waals surface area contributed by atoms with Gasteiger partial charge in [-0.3, -0.25) is 4.79 Å². The van der Waals surface area contributed by atoms with Crippen molar-refractivity contribution in [1.82, 2.24) is 5.32 Å². The lowest BCUT2D eigenvalue weighted by molar-refractivity contribution is -0.116. The number of methoxy groups -OCH3 is 2. The second kappa shape index (κ2) is 7.48. The Balaban J connectivity index is 1.81. The van der Waals surface area contributed by atoms with E-state index >= 15 is 0 Å². The number of benzene rings is 2. The minimum atomic E-state index is -0.452. The van der Waals surface area contributed by atoms with E-state index in [0.717, 1.165) is 5.56 Å². The Kier molecular flexibility index (Phi) is 5.14. The molecule has 1 saturated heterocycles. The molecule has 0 bridgehead atoms. The molecule has 5 nitrogen and oxygen atoms in total. The number of rotatable bonds is 5. The van der Waals surface area contributed by atoms with Gasteiger partial charge in [0.25, 0.3) is 5.91 Å². The van der Waals surface area contributed by atoms with Crippen LogP contribution in [0.4, 0.5) is 10.1 Å². The fourth-order valence-corrected chi connectivity index (χ4v) is 3.34. The molecule has 1 amide bonds. The van der Waals surface area contributed by atoms with Crippen LogP contribution < -0.4 is 20.1 Å². The van der Waals surface area contributed by atoms with Crippen molar-refractivity contribution in [1.29, 1.82) is 0 Å². The molecule has 2 aromatic carbocycles. The zero-order chi connectivity index (χ0) is 17.8. The number of carbonyl (C=O) groups excluding carboxylic acids is 1. The first-order valence-corrected chi connectivity index (χ1v) is 8.41. The van der Waals surface area contributed by atoms with Crippen LogP contribution in [0.5, 0.6) is 11.5 Å². The van der Waals surface area contributed by atoms with Crippen LogP contribution in [-0.4, -0.2) is 25.6 Å². The number of nitrogens with one attached hydrogen (secondary N) is 2. The van der Waals surface area contributed by atoms with Crippen molar-refractivity contribution < 1.29 is 18.7 Å². The largest absolute Gasteiger partial charge is 0.497 e. The van der Waals surface area contributed by atoms with Gasteiger partial charge in [-0.15, -0.1) is 0 Å². The summed E-state index contributed by atoms with van der Waals surface area (Å²) in [5.41, 5.74) is 0.610. The standard InChI is InChI=1S/C18H17FN2O3S/c1-23-12-7-8-15(24-2)11(9-12)10-16-17(22)21-18(25-16)20-14-6-4-3-5-13(14)19/h3-10,18,20H,1-2H3,(H,21,22)/b16-10-. The summed E-state index contributed by atoms with van der Waals surface area (Å²) in [5, 5.41) is 5.74. The van der Waals surface area contributed by atoms with E-state index in [1.807, 2.05) is 0 Å². The molecule has 0 spiro atoms. The van der Waals surface area contributed by atoms with Crippen LogP contribution in [-0.2, 0) is 4.79 Å². The first-order valence-electron chi connectivity index (χ1n) is 7.53. The number of ether oxygens (including phenoxy) is 2. The second-order valence-corrected chi connectivity index (χ2v) is 6.36. The smallest absolute Gasteiger partial charge is 0.260 e. The highest BCUT2D eigenvalue weighted by molar-refractivity contribution is 8.05. The predicted octanol–water partition coefficient (Wildman–Crippen LogP) is 3.44. The SMILES string of the molecule is COc1ccc(OC)c(/C=C2\SC(Nc3ccccc3F)NC2=O)c1. The summed E-state index contributed by atoms with van der Waals surface area (Å²) >= 11 is 1.28. The summed E-state index contributed by atoms with van der Waals surface area (Å²) in [6.45, 7) is 0. The molecule has 1 aliphatic heterocycles. The lowest BCUT2D eigenvalue weighted by atomic mass is 10.1. The van der Waals surface area contributed by atoms with Gasteiger partial charge in [-0.05, 0) is 36.4 Å². The number of amides is 1. The Morgan fingerprint density at radius 1 is 1.20 bits per heavy atom. The monoisotopic (exact) mass is 360 g/mol. The van der Waals surface area contributed by atoms with Crippen LogP contribution in [0.3, 0.4) is 0 Å². The third-order valence-electron chi connectivity index (χ3n) is 3.61. The quantitative estimate of drug-likeness (QED) is 0.800. The van der Waals surface area contributed by atoms with Gasteiger partial charge in [0.1, 0.15) is 17.3 Å². The Morgan fingerprint density at radius 3 is 2.72 bits per heavy atom. The lowest BCUT2D eigenvalue weighted by Gasteiger charge is -2.13. The zero-order valence-electron chi connectivity index (χ0n) is 13.7. The molecule has 2 aromatic rings. The first-order chi connectivity index (χ1) is 12.1. The maximum atomic E-state index is 13.7. The van der Waals surface area contributed by atoms with E-state index in [1.165, 1.54) is 17.8 Å². The summed E-state index contributed by atoms with van der Waals surface area (Å²) in [4.78, 5) is 12.7. The van der Waals surface area contributed by atoms with Gasteiger partial charge in [0, 0.05) is 5.56 Å². The molecule has 0 aromatic heterocycles. The predicted molar refractivity (Wildman–Crippen MR) is 97.1 cm³/mol. The van der Waals surface area contributed by atoms with Crippen LogP contribution in [0, 0.1) is 5.82 Å². The van der Waals surface area contributed by atoms with Crippen LogP contribution in [0.2, 0.25) is 0 Å². The molecule has 0 radical (unpaired) electrons. The van der Waals surface area contributed by atoms with Gasteiger partial charge in [-0.1, -0.05) is 23.9 Å². The van der Waals surface area contributed by atoms with Gasteiger partial charge in [-0.25, -0.2) is 4.39 Å². The third kappa shape index (κ3) is 3.88. The van der Waals surface area contributed by atoms with Crippen molar-refractivity contribution in [2.24, 2.45) is 0 Å². The van der Waals surface area contributed by atoms with E-state index in [4.69, 9.17) is 9.47 Å². The molecule has 7 heteroatoms. The van der Waals surface area contributed by atoms with Crippen LogP contribution >= 0.6 is 11.8 Å². The van der Waals surface area contributed by atoms with Gasteiger partial charge >= 0.3 is 0 Å². The second-order valence-electron chi connectivity index (χ2n) is 5.21. The fraction of sp³-hybridized carbons (Fsp3) is 0.167. The first kappa shape index (κ1) is 17.2. The fourth-order valence-electron chi connectivity index (χ4n) is 2.38. The molecular weight excluding hydrogens is 343 g/mol. The molecule has 130 valence electrons. The van der Waals surface area contributed by atoms with Crippen molar-refractivity contribution in [3.05, 3.63) is 58.8 Å². The van der Waals surface area contributed by atoms with Gasteiger partial charge < -0.3 is 20.1 Å². The highest BCUT2D eigenvalue weighted by Gasteiger charge is 2.28. The zero-order valence-corrected chi connectivity index (χ0v) is 14.5. The number of thioether (sulfide) groups is 1. The number of para-hydroxylation sites is 1. The van der Waals surface area contributed by atoms with E-state index < -0.39 is 5.50 Å². The van der Waals surface area contributed by atoms with Crippen molar-refractivity contribution in [3.63, 3.8) is 0 Å². The Bertz CT molecular complexity index is 826. The van der Waals surface area contributed by atoms with Gasteiger partial charge in [0.05, 0.1) is 24.8 Å². The topological polar surface area (TPSA) is 59.6 Å². The van der Waals surface area contributed by atoms with Crippen molar-refractivity contribution in [2.45, 2.75) is 5.50 Å². The molecular formula is C18H17FN2O3S. The van der Waals surface area contributed by atoms with Gasteiger partial charge in [0.15, 0.2) is 5.50 Å². The molecule has 1 heterocycles. The average molecular weight is 360 g/mol. The number of anilines is 1. The molecule has 1 atom stereocenters. The maximum Gasteiger partial charge on any atom is 0.260 e. The summed E-state index contributed by atoms with van der Waals surface area (Å²) in [5.74, 6) is 0.692. The molecule has 1 unspecified atom stereocenters. The summed E-state index contributed by atoms with van der Waals surface area (Å²) in [7, 11) is 3.14. The van der Waals surface area contributed by atoms with Crippen molar-refractivity contribution in [3.8, 4) is 11.5 Å². The van der Waals surface area contributed by atoms with Crippen LogP contribution in [0.15, 0.2) is 47.4 Å². The molecule has 0 saturated carbocycles. The van der Waals surface area contributed by atoms with Gasteiger partial charge in [0.2, 0.25) is 0 Å². The minimum Gasteiger partial charge on any atom is -0.497 e. The number of hydrogen-bond donors (Lipinski definition) is 2. The van der Waals surface area contributed by atoms with E-state index in [9.17, 15) is 9.18 Å². The summed E-state index contributed by atoms with van der Waals surface area (Å²) in [6.07, 6.45) is 1.73. The molecule has 0 aliphatic carbocycles. The molecule has 3 rings (SSSR count). The number of halogens is 1. The Hall–Kier alpha value is -2.67. The number of carbonyl (C=O) groups is 1. The van der Waals surface area contributed by atoms with E-state index in [2.05, 4.69) is 10.6 Å². The van der Waals surface area contributed by atoms with Crippen LogP contribution in [0.1, 0.15) is 5.56 Å². The molecule has 25 heavy (non-hydrogen) atoms. The number of hydrogen-bond acceptors (Lipinski definition) is 5. The van der Waals surface area contributed by atoms with Crippen molar-refractivity contribution >= 4 is 29.4 Å². The highest BCUT2D eigenvalue weighted by Crippen LogP contribution is 2.33. The minimum absolute atomic E-state index is 0.233. The molecule has 2 N–H and O–H groups in total. The normalized spacial score (nSPS) is 18.1. The molecule has 1 fully saturated rings. The Morgan fingerprint density at radius 2 is 2.00 bits per heavy atom. The average Bonchev–Trinajstić information content (AvgIpc) is 2.96. The lowest BCUT2D eigenvalue weighted by Crippen LogP contribution is -2.31. The molecule has 1 aliphatic rings. The highest BCUT2D eigenvalue weighted by atomic mass is 32.2. The third-order valence-corrected chi connectivity index (χ3v) is 4.64. The maximum absolute atomic E-state index is 13.7. The van der Waals surface area contributed by atoms with E-state index in [0.29, 0.717) is 22.1 Å². The van der Waals surface area contributed by atoms with Crippen LogP contribution in [0.25, 0.3) is 6.08 Å². The van der Waals surface area contributed by atoms with Gasteiger partial charge in [-0.2, -0.15) is 0 Å². The van der Waals surface area contributed by atoms with E-state index in [1.54, 1.807) is 56.7 Å².